The number of hydrogen-bond donors (Lipinski definition) is 0. The SMILES string of the molecule is [C-]#[N+]c1ccc(-c2cc(OC[C@@H]3CCN(C(=O)OC(C)(C)C)C3)c3nncn3c2-c2ccc(C)cc2)cc1. The zero-order valence-electron chi connectivity index (χ0n) is 22.1. The minimum atomic E-state index is -0.520. The van der Waals surface area contributed by atoms with Crippen LogP contribution in [-0.4, -0.2) is 50.9 Å². The summed E-state index contributed by atoms with van der Waals surface area (Å²) >= 11 is 0. The summed E-state index contributed by atoms with van der Waals surface area (Å²) in [6, 6.07) is 17.9. The summed E-state index contributed by atoms with van der Waals surface area (Å²) in [7, 11) is 0. The van der Waals surface area contributed by atoms with Gasteiger partial charge in [-0.25, -0.2) is 9.64 Å². The standard InChI is InChI=1S/C30H31N5O3/c1-20-6-8-23(9-7-20)27-25(22-10-12-24(31-5)13-11-22)16-26(28-33-32-19-35(27)28)37-18-21-14-15-34(17-21)29(36)38-30(2,3)4/h6-13,16,19,21H,14-15,17-18H2,1-4H3/t21-/m1/s1. The molecule has 38 heavy (non-hydrogen) atoms. The van der Waals surface area contributed by atoms with Crippen molar-refractivity contribution in [3.63, 3.8) is 0 Å². The van der Waals surface area contributed by atoms with Gasteiger partial charge in [-0.2, -0.15) is 0 Å². The molecule has 0 spiro atoms. The first kappa shape index (κ1) is 25.3. The predicted octanol–water partition coefficient (Wildman–Crippen LogP) is 6.56. The van der Waals surface area contributed by atoms with Gasteiger partial charge in [0.05, 0.1) is 18.9 Å². The van der Waals surface area contributed by atoms with Gasteiger partial charge in [-0.15, -0.1) is 10.2 Å². The molecule has 0 unspecified atom stereocenters. The number of fused-ring (bicyclic) bond motifs is 1. The number of aryl methyl sites for hydroxylation is 1. The van der Waals surface area contributed by atoms with E-state index in [-0.39, 0.29) is 12.0 Å². The lowest BCUT2D eigenvalue weighted by Crippen LogP contribution is -2.35. The van der Waals surface area contributed by atoms with E-state index in [4.69, 9.17) is 16.0 Å². The molecule has 0 aliphatic carbocycles. The van der Waals surface area contributed by atoms with Crippen LogP contribution in [0.25, 0.3) is 32.9 Å². The van der Waals surface area contributed by atoms with Crippen LogP contribution in [0.15, 0.2) is 60.9 Å². The maximum atomic E-state index is 12.5. The van der Waals surface area contributed by atoms with Crippen molar-refractivity contribution in [3.05, 3.63) is 77.9 Å². The zero-order valence-corrected chi connectivity index (χ0v) is 22.1. The van der Waals surface area contributed by atoms with Gasteiger partial charge in [-0.05, 0) is 51.3 Å². The number of carbonyl (C=O) groups excluding carboxylic acids is 1. The van der Waals surface area contributed by atoms with E-state index in [0.29, 0.717) is 36.8 Å². The first-order chi connectivity index (χ1) is 18.2. The molecule has 2 aromatic heterocycles. The van der Waals surface area contributed by atoms with E-state index >= 15 is 0 Å². The monoisotopic (exact) mass is 509 g/mol. The van der Waals surface area contributed by atoms with Crippen LogP contribution >= 0.6 is 0 Å². The van der Waals surface area contributed by atoms with Gasteiger partial charge in [0.2, 0.25) is 5.65 Å². The molecule has 194 valence electrons. The average Bonchev–Trinajstić information content (AvgIpc) is 3.57. The summed E-state index contributed by atoms with van der Waals surface area (Å²) in [6.45, 7) is 16.7. The average molecular weight is 510 g/mol. The molecular formula is C30H31N5O3. The number of rotatable bonds is 5. The highest BCUT2D eigenvalue weighted by Crippen LogP contribution is 2.38. The second kappa shape index (κ2) is 10.2. The zero-order chi connectivity index (χ0) is 26.9. The molecule has 1 aliphatic rings. The number of hydrogen-bond acceptors (Lipinski definition) is 5. The molecule has 3 heterocycles. The topological polar surface area (TPSA) is 73.3 Å². The Balaban J connectivity index is 1.47. The summed E-state index contributed by atoms with van der Waals surface area (Å²) in [5.74, 6) is 0.807. The van der Waals surface area contributed by atoms with Crippen molar-refractivity contribution >= 4 is 17.4 Å². The fourth-order valence-corrected chi connectivity index (χ4v) is 4.68. The summed E-state index contributed by atoms with van der Waals surface area (Å²) in [5.41, 5.74) is 5.76. The fourth-order valence-electron chi connectivity index (χ4n) is 4.68. The number of aromatic nitrogens is 3. The van der Waals surface area contributed by atoms with Gasteiger partial charge in [0.25, 0.3) is 0 Å². The van der Waals surface area contributed by atoms with Crippen molar-refractivity contribution in [3.8, 4) is 28.1 Å². The van der Waals surface area contributed by atoms with Crippen LogP contribution in [0.4, 0.5) is 10.5 Å². The molecule has 0 radical (unpaired) electrons. The van der Waals surface area contributed by atoms with Crippen LogP contribution in [0, 0.1) is 19.4 Å². The molecule has 1 saturated heterocycles. The molecule has 0 bridgehead atoms. The lowest BCUT2D eigenvalue weighted by Gasteiger charge is -2.24. The molecule has 1 amide bonds. The largest absolute Gasteiger partial charge is 0.489 e. The van der Waals surface area contributed by atoms with Crippen molar-refractivity contribution < 1.29 is 14.3 Å². The molecule has 2 aromatic carbocycles. The predicted molar refractivity (Wildman–Crippen MR) is 146 cm³/mol. The van der Waals surface area contributed by atoms with Crippen LogP contribution in [0.5, 0.6) is 5.75 Å². The van der Waals surface area contributed by atoms with E-state index < -0.39 is 5.60 Å². The minimum Gasteiger partial charge on any atom is -0.489 e. The van der Waals surface area contributed by atoms with Crippen molar-refractivity contribution in [2.45, 2.75) is 39.7 Å². The lowest BCUT2D eigenvalue weighted by molar-refractivity contribution is 0.0285. The van der Waals surface area contributed by atoms with Gasteiger partial charge >= 0.3 is 6.09 Å². The molecule has 0 N–H and O–H groups in total. The van der Waals surface area contributed by atoms with Gasteiger partial charge in [0, 0.05) is 24.6 Å². The molecule has 1 aliphatic heterocycles. The van der Waals surface area contributed by atoms with Crippen molar-refractivity contribution in [1.82, 2.24) is 19.5 Å². The highest BCUT2D eigenvalue weighted by molar-refractivity contribution is 5.85. The summed E-state index contributed by atoms with van der Waals surface area (Å²) < 4.78 is 13.8. The fraction of sp³-hybridized carbons (Fsp3) is 0.333. The Labute approximate surface area is 222 Å². The molecular weight excluding hydrogens is 478 g/mol. The maximum Gasteiger partial charge on any atom is 0.410 e. The molecule has 1 fully saturated rings. The Hall–Kier alpha value is -4.38. The second-order valence-electron chi connectivity index (χ2n) is 10.7. The highest BCUT2D eigenvalue weighted by atomic mass is 16.6. The van der Waals surface area contributed by atoms with E-state index in [1.807, 2.05) is 55.5 Å². The van der Waals surface area contributed by atoms with Gasteiger partial charge < -0.3 is 14.4 Å². The van der Waals surface area contributed by atoms with Gasteiger partial charge in [-0.1, -0.05) is 54.1 Å². The molecule has 0 saturated carbocycles. The number of ether oxygens (including phenoxy) is 2. The molecule has 8 nitrogen and oxygen atoms in total. The van der Waals surface area contributed by atoms with Gasteiger partial charge in [-0.3, -0.25) is 4.40 Å². The van der Waals surface area contributed by atoms with Crippen LogP contribution in [0.2, 0.25) is 0 Å². The Morgan fingerprint density at radius 3 is 2.50 bits per heavy atom. The van der Waals surface area contributed by atoms with E-state index in [9.17, 15) is 4.79 Å². The smallest absolute Gasteiger partial charge is 0.410 e. The number of carbonyl (C=O) groups is 1. The Kier molecular flexibility index (Phi) is 6.77. The van der Waals surface area contributed by atoms with Crippen molar-refractivity contribution in [2.75, 3.05) is 19.7 Å². The van der Waals surface area contributed by atoms with Crippen molar-refractivity contribution in [2.24, 2.45) is 5.92 Å². The van der Waals surface area contributed by atoms with Gasteiger partial charge in [0.15, 0.2) is 11.4 Å². The number of pyridine rings is 1. The van der Waals surface area contributed by atoms with Crippen LogP contribution in [0.3, 0.4) is 0 Å². The van der Waals surface area contributed by atoms with E-state index in [2.05, 4.69) is 46.2 Å². The number of benzene rings is 2. The highest BCUT2D eigenvalue weighted by Gasteiger charge is 2.30. The number of nitrogens with zero attached hydrogens (tertiary/aromatic N) is 5. The lowest BCUT2D eigenvalue weighted by atomic mass is 9.98. The molecule has 4 aromatic rings. The van der Waals surface area contributed by atoms with E-state index in [0.717, 1.165) is 28.8 Å². The van der Waals surface area contributed by atoms with Crippen LogP contribution < -0.4 is 4.74 Å². The Bertz CT molecular complexity index is 1490. The molecule has 5 rings (SSSR count). The van der Waals surface area contributed by atoms with E-state index in [1.54, 1.807) is 11.2 Å². The number of likely N-dealkylation sites (tertiary alicyclic amines) is 1. The third-order valence-electron chi connectivity index (χ3n) is 6.58. The van der Waals surface area contributed by atoms with Crippen molar-refractivity contribution in [1.29, 1.82) is 0 Å². The summed E-state index contributed by atoms with van der Waals surface area (Å²) in [6.07, 6.45) is 2.26. The maximum absolute atomic E-state index is 12.5. The van der Waals surface area contributed by atoms with Crippen LogP contribution in [0.1, 0.15) is 32.8 Å². The summed E-state index contributed by atoms with van der Waals surface area (Å²) in [5, 5.41) is 8.58. The number of amides is 1. The Morgan fingerprint density at radius 2 is 1.82 bits per heavy atom. The molecule has 8 heteroatoms. The quantitative estimate of drug-likeness (QED) is 0.285. The summed E-state index contributed by atoms with van der Waals surface area (Å²) in [4.78, 5) is 17.8. The minimum absolute atomic E-state index is 0.184. The Morgan fingerprint density at radius 1 is 1.11 bits per heavy atom. The van der Waals surface area contributed by atoms with Gasteiger partial charge in [0.1, 0.15) is 11.9 Å². The third kappa shape index (κ3) is 5.32. The normalized spacial score (nSPS) is 15.4. The first-order valence-corrected chi connectivity index (χ1v) is 12.7. The van der Waals surface area contributed by atoms with E-state index in [1.165, 1.54) is 5.56 Å². The second-order valence-corrected chi connectivity index (χ2v) is 10.7. The van der Waals surface area contributed by atoms with Crippen LogP contribution in [-0.2, 0) is 4.74 Å². The molecule has 1 atom stereocenters. The first-order valence-electron chi connectivity index (χ1n) is 12.7. The third-order valence-corrected chi connectivity index (χ3v) is 6.58.